The van der Waals surface area contributed by atoms with Crippen molar-refractivity contribution in [3.05, 3.63) is 29.8 Å². The third kappa shape index (κ3) is 2.33. The molecule has 0 saturated heterocycles. The van der Waals surface area contributed by atoms with Gasteiger partial charge in [0, 0.05) is 0 Å². The molecule has 1 rings (SSSR count). The van der Waals surface area contributed by atoms with E-state index in [1.54, 1.807) is 31.4 Å². The van der Waals surface area contributed by atoms with Gasteiger partial charge in [-0.2, -0.15) is 0 Å². The highest BCUT2D eigenvalue weighted by Gasteiger charge is 2.14. The van der Waals surface area contributed by atoms with Gasteiger partial charge in [-0.25, -0.2) is 0 Å². The normalized spacial score (nSPS) is 12.2. The SMILES string of the molecule is COc1ccc(C(CO)C(C)=O)cc1. The minimum atomic E-state index is -0.416. The lowest BCUT2D eigenvalue weighted by Gasteiger charge is -2.11. The molecule has 0 fully saturated rings. The fraction of sp³-hybridized carbons (Fsp3) is 0.364. The summed E-state index contributed by atoms with van der Waals surface area (Å²) in [7, 11) is 1.59. The number of methoxy groups -OCH3 is 1. The molecule has 14 heavy (non-hydrogen) atoms. The van der Waals surface area contributed by atoms with Gasteiger partial charge in [0.1, 0.15) is 11.5 Å². The summed E-state index contributed by atoms with van der Waals surface area (Å²) in [4.78, 5) is 11.1. The molecule has 0 aromatic heterocycles. The van der Waals surface area contributed by atoms with E-state index in [4.69, 9.17) is 9.84 Å². The number of hydrogen-bond donors (Lipinski definition) is 1. The summed E-state index contributed by atoms with van der Waals surface area (Å²) in [6.07, 6.45) is 0. The van der Waals surface area contributed by atoms with Crippen molar-refractivity contribution in [2.45, 2.75) is 12.8 Å². The van der Waals surface area contributed by atoms with Gasteiger partial charge in [0.15, 0.2) is 0 Å². The predicted octanol–water partition coefficient (Wildman–Crippen LogP) is 1.36. The van der Waals surface area contributed by atoms with Crippen molar-refractivity contribution in [2.24, 2.45) is 0 Å². The second-order valence-electron chi connectivity index (χ2n) is 3.12. The molecule has 0 saturated carbocycles. The smallest absolute Gasteiger partial charge is 0.139 e. The maximum Gasteiger partial charge on any atom is 0.139 e. The number of Topliss-reactive ketones (excluding diaryl/α,β-unsaturated/α-hetero) is 1. The molecule has 1 aromatic rings. The number of ether oxygens (including phenoxy) is 1. The van der Waals surface area contributed by atoms with Crippen molar-refractivity contribution < 1.29 is 14.6 Å². The summed E-state index contributed by atoms with van der Waals surface area (Å²) >= 11 is 0. The van der Waals surface area contributed by atoms with E-state index in [-0.39, 0.29) is 12.4 Å². The van der Waals surface area contributed by atoms with Gasteiger partial charge in [-0.3, -0.25) is 4.79 Å². The van der Waals surface area contributed by atoms with Gasteiger partial charge in [0.2, 0.25) is 0 Å². The molecular weight excluding hydrogens is 180 g/mol. The van der Waals surface area contributed by atoms with Crippen LogP contribution in [0.5, 0.6) is 5.75 Å². The summed E-state index contributed by atoms with van der Waals surface area (Å²) in [6.45, 7) is 1.33. The first-order valence-corrected chi connectivity index (χ1v) is 4.44. The number of carbonyl (C=O) groups excluding carboxylic acids is 1. The average molecular weight is 194 g/mol. The van der Waals surface area contributed by atoms with Gasteiger partial charge in [-0.15, -0.1) is 0 Å². The first-order chi connectivity index (χ1) is 6.69. The Hall–Kier alpha value is -1.35. The quantitative estimate of drug-likeness (QED) is 0.787. The Bertz CT molecular complexity index is 303. The van der Waals surface area contributed by atoms with Crippen LogP contribution in [0.15, 0.2) is 24.3 Å². The molecule has 1 aromatic carbocycles. The first kappa shape index (κ1) is 10.7. The van der Waals surface area contributed by atoms with Crippen molar-refractivity contribution in [3.8, 4) is 5.75 Å². The van der Waals surface area contributed by atoms with E-state index in [2.05, 4.69) is 0 Å². The summed E-state index contributed by atoms with van der Waals surface area (Å²) in [5, 5.41) is 9.02. The monoisotopic (exact) mass is 194 g/mol. The van der Waals surface area contributed by atoms with Crippen LogP contribution < -0.4 is 4.74 Å². The maximum atomic E-state index is 11.1. The lowest BCUT2D eigenvalue weighted by atomic mass is 9.96. The summed E-state index contributed by atoms with van der Waals surface area (Å²) < 4.78 is 5.00. The summed E-state index contributed by atoms with van der Waals surface area (Å²) in [6, 6.07) is 7.14. The van der Waals surface area contributed by atoms with Gasteiger partial charge in [-0.05, 0) is 24.6 Å². The third-order valence-electron chi connectivity index (χ3n) is 2.19. The Morgan fingerprint density at radius 1 is 1.43 bits per heavy atom. The fourth-order valence-corrected chi connectivity index (χ4v) is 1.30. The number of benzene rings is 1. The van der Waals surface area contributed by atoms with Gasteiger partial charge < -0.3 is 9.84 Å². The largest absolute Gasteiger partial charge is 0.497 e. The van der Waals surface area contributed by atoms with Crippen LogP contribution in [-0.2, 0) is 4.79 Å². The van der Waals surface area contributed by atoms with Crippen LogP contribution in [-0.4, -0.2) is 24.6 Å². The molecule has 3 nitrogen and oxygen atoms in total. The van der Waals surface area contributed by atoms with Crippen LogP contribution in [0.3, 0.4) is 0 Å². The second kappa shape index (κ2) is 4.77. The van der Waals surface area contributed by atoms with E-state index in [1.165, 1.54) is 6.92 Å². The zero-order chi connectivity index (χ0) is 10.6. The molecule has 1 unspecified atom stereocenters. The number of aliphatic hydroxyl groups excluding tert-OH is 1. The average Bonchev–Trinajstić information content (AvgIpc) is 2.19. The molecule has 0 aliphatic carbocycles. The molecular formula is C11H14O3. The van der Waals surface area contributed by atoms with Crippen molar-refractivity contribution in [2.75, 3.05) is 13.7 Å². The minimum absolute atomic E-state index is 0.0299. The first-order valence-electron chi connectivity index (χ1n) is 4.44. The van der Waals surface area contributed by atoms with Gasteiger partial charge in [-0.1, -0.05) is 12.1 Å². The Balaban J connectivity index is 2.89. The van der Waals surface area contributed by atoms with Crippen LogP contribution in [0.4, 0.5) is 0 Å². The lowest BCUT2D eigenvalue weighted by Crippen LogP contribution is -2.12. The predicted molar refractivity (Wildman–Crippen MR) is 53.5 cm³/mol. The molecule has 0 amide bonds. The Kier molecular flexibility index (Phi) is 3.65. The number of aliphatic hydroxyl groups is 1. The van der Waals surface area contributed by atoms with Crippen LogP contribution >= 0.6 is 0 Å². The molecule has 76 valence electrons. The highest BCUT2D eigenvalue weighted by atomic mass is 16.5. The van der Waals surface area contributed by atoms with E-state index < -0.39 is 5.92 Å². The number of rotatable bonds is 4. The van der Waals surface area contributed by atoms with E-state index >= 15 is 0 Å². The van der Waals surface area contributed by atoms with Crippen molar-refractivity contribution in [3.63, 3.8) is 0 Å². The number of hydrogen-bond acceptors (Lipinski definition) is 3. The highest BCUT2D eigenvalue weighted by molar-refractivity contribution is 5.83. The molecule has 3 heteroatoms. The number of carbonyl (C=O) groups is 1. The molecule has 0 bridgehead atoms. The minimum Gasteiger partial charge on any atom is -0.497 e. The third-order valence-corrected chi connectivity index (χ3v) is 2.19. The topological polar surface area (TPSA) is 46.5 Å². The van der Waals surface area contributed by atoms with Gasteiger partial charge in [0.05, 0.1) is 19.6 Å². The van der Waals surface area contributed by atoms with Crippen LogP contribution in [0.25, 0.3) is 0 Å². The van der Waals surface area contributed by atoms with E-state index in [9.17, 15) is 4.79 Å². The maximum absolute atomic E-state index is 11.1. The zero-order valence-electron chi connectivity index (χ0n) is 8.36. The van der Waals surface area contributed by atoms with Crippen molar-refractivity contribution in [1.82, 2.24) is 0 Å². The Labute approximate surface area is 83.3 Å². The lowest BCUT2D eigenvalue weighted by molar-refractivity contribution is -0.119. The van der Waals surface area contributed by atoms with E-state index in [0.29, 0.717) is 0 Å². The van der Waals surface area contributed by atoms with Crippen LogP contribution in [0.1, 0.15) is 18.4 Å². The van der Waals surface area contributed by atoms with Crippen molar-refractivity contribution >= 4 is 5.78 Å². The Morgan fingerprint density at radius 2 is 2.00 bits per heavy atom. The molecule has 0 spiro atoms. The standard InChI is InChI=1S/C11H14O3/c1-8(13)11(7-12)9-3-5-10(14-2)6-4-9/h3-6,11-12H,7H2,1-2H3. The summed E-state index contributed by atoms with van der Waals surface area (Å²) in [5.41, 5.74) is 0.820. The fourth-order valence-electron chi connectivity index (χ4n) is 1.30. The van der Waals surface area contributed by atoms with Crippen LogP contribution in [0, 0.1) is 0 Å². The molecule has 0 heterocycles. The number of ketones is 1. The van der Waals surface area contributed by atoms with Crippen molar-refractivity contribution in [1.29, 1.82) is 0 Å². The summed E-state index contributed by atoms with van der Waals surface area (Å²) in [5.74, 6) is 0.299. The van der Waals surface area contributed by atoms with E-state index in [1.807, 2.05) is 0 Å². The van der Waals surface area contributed by atoms with Gasteiger partial charge in [0.25, 0.3) is 0 Å². The molecule has 0 aliphatic heterocycles. The highest BCUT2D eigenvalue weighted by Crippen LogP contribution is 2.19. The zero-order valence-corrected chi connectivity index (χ0v) is 8.36. The van der Waals surface area contributed by atoms with Crippen LogP contribution in [0.2, 0.25) is 0 Å². The van der Waals surface area contributed by atoms with Gasteiger partial charge >= 0.3 is 0 Å². The Morgan fingerprint density at radius 3 is 2.36 bits per heavy atom. The molecule has 0 aliphatic rings. The molecule has 1 atom stereocenters. The second-order valence-corrected chi connectivity index (χ2v) is 3.12. The molecule has 1 N–H and O–H groups in total. The molecule has 0 radical (unpaired) electrons. The van der Waals surface area contributed by atoms with E-state index in [0.717, 1.165) is 11.3 Å².